The Hall–Kier alpha value is -3.14. The average molecular weight is 272 g/mol. The van der Waals surface area contributed by atoms with E-state index in [0.29, 0.717) is 6.54 Å². The summed E-state index contributed by atoms with van der Waals surface area (Å²) in [4.78, 5) is 21.8. The van der Waals surface area contributed by atoms with Crippen molar-refractivity contribution in [2.45, 2.75) is 0 Å². The molecule has 1 aromatic carbocycles. The molecule has 0 unspecified atom stereocenters. The predicted octanol–water partition coefficient (Wildman–Crippen LogP) is 1.72. The van der Waals surface area contributed by atoms with E-state index in [0.717, 1.165) is 0 Å². The third-order valence-corrected chi connectivity index (χ3v) is 2.19. The zero-order chi connectivity index (χ0) is 15.0. The molecule has 0 atom stereocenters. The molecule has 0 aliphatic heterocycles. The molecule has 1 amide bonds. The number of amides is 1. The number of rotatable bonds is 6. The molecule has 102 valence electrons. The van der Waals surface area contributed by atoms with E-state index >= 15 is 0 Å². The highest BCUT2D eigenvalue weighted by molar-refractivity contribution is 6.06. The van der Waals surface area contributed by atoms with Gasteiger partial charge >= 0.3 is 0 Å². The Morgan fingerprint density at radius 1 is 1.55 bits per heavy atom. The van der Waals surface area contributed by atoms with Crippen molar-refractivity contribution >= 4 is 17.3 Å². The topological polar surface area (TPSA) is 108 Å². The number of anilines is 1. The highest BCUT2D eigenvalue weighted by Crippen LogP contribution is 2.17. The molecule has 2 N–H and O–H groups in total. The zero-order valence-corrected chi connectivity index (χ0v) is 10.5. The molecular weight excluding hydrogens is 260 g/mol. The maximum atomic E-state index is 11.8. The first-order valence-electron chi connectivity index (χ1n) is 5.59. The van der Waals surface area contributed by atoms with Crippen LogP contribution >= 0.6 is 0 Å². The number of hydrogen-bond acceptors (Lipinski definition) is 5. The minimum Gasteiger partial charge on any atom is -0.386 e. The molecule has 0 aliphatic carbocycles. The number of non-ortho nitro benzene ring substituents is 1. The number of carbonyl (C=O) groups excluding carboxylic acids is 1. The fourth-order valence-corrected chi connectivity index (χ4v) is 1.29. The number of carbonyl (C=O) groups is 1. The van der Waals surface area contributed by atoms with Gasteiger partial charge in [0.2, 0.25) is 0 Å². The fourth-order valence-electron chi connectivity index (χ4n) is 1.29. The van der Waals surface area contributed by atoms with Gasteiger partial charge in [0.25, 0.3) is 11.6 Å². The molecule has 1 rings (SSSR count). The molecule has 0 radical (unpaired) electrons. The number of nitrogens with zero attached hydrogens (tertiary/aromatic N) is 2. The van der Waals surface area contributed by atoms with Crippen LogP contribution in [0.5, 0.6) is 0 Å². The van der Waals surface area contributed by atoms with E-state index in [-0.39, 0.29) is 16.9 Å². The van der Waals surface area contributed by atoms with Gasteiger partial charge in [0.15, 0.2) is 0 Å². The highest BCUT2D eigenvalue weighted by Gasteiger charge is 2.11. The van der Waals surface area contributed by atoms with Crippen molar-refractivity contribution in [1.82, 2.24) is 5.32 Å². The number of nitro benzene ring substituents is 1. The predicted molar refractivity (Wildman–Crippen MR) is 73.6 cm³/mol. The highest BCUT2D eigenvalue weighted by atomic mass is 16.6. The summed E-state index contributed by atoms with van der Waals surface area (Å²) in [6.07, 6.45) is 2.83. The van der Waals surface area contributed by atoms with Crippen LogP contribution in [0.1, 0.15) is 0 Å². The van der Waals surface area contributed by atoms with Gasteiger partial charge in [-0.1, -0.05) is 12.1 Å². The lowest BCUT2D eigenvalue weighted by Crippen LogP contribution is -2.16. The van der Waals surface area contributed by atoms with Crippen LogP contribution in [0.25, 0.3) is 0 Å². The minimum absolute atomic E-state index is 0.140. The smallest absolute Gasteiger partial charge is 0.271 e. The summed E-state index contributed by atoms with van der Waals surface area (Å²) in [5.41, 5.74) is -0.0394. The van der Waals surface area contributed by atoms with Crippen molar-refractivity contribution in [3.8, 4) is 6.07 Å². The summed E-state index contributed by atoms with van der Waals surface area (Å²) in [6.45, 7) is 3.90. The molecule has 0 fully saturated rings. The SMILES string of the molecule is C=CCN/C=C(/C#N)C(=O)Nc1cccc([N+](=O)[O-])c1. The maximum Gasteiger partial charge on any atom is 0.271 e. The Bertz CT molecular complexity index is 602. The second-order valence-corrected chi connectivity index (χ2v) is 3.63. The van der Waals surface area contributed by atoms with Gasteiger partial charge in [-0.3, -0.25) is 14.9 Å². The van der Waals surface area contributed by atoms with Crippen LogP contribution in [-0.4, -0.2) is 17.4 Å². The summed E-state index contributed by atoms with van der Waals surface area (Å²) < 4.78 is 0. The van der Waals surface area contributed by atoms with Crippen LogP contribution in [0.4, 0.5) is 11.4 Å². The van der Waals surface area contributed by atoms with Crippen molar-refractivity contribution in [2.24, 2.45) is 0 Å². The Balaban J connectivity index is 2.81. The van der Waals surface area contributed by atoms with Gasteiger partial charge in [0.1, 0.15) is 11.6 Å². The van der Waals surface area contributed by atoms with E-state index in [1.165, 1.54) is 30.5 Å². The largest absolute Gasteiger partial charge is 0.386 e. The second-order valence-electron chi connectivity index (χ2n) is 3.63. The monoisotopic (exact) mass is 272 g/mol. The van der Waals surface area contributed by atoms with Crippen molar-refractivity contribution in [2.75, 3.05) is 11.9 Å². The van der Waals surface area contributed by atoms with Crippen LogP contribution < -0.4 is 10.6 Å². The quantitative estimate of drug-likeness (QED) is 0.205. The average Bonchev–Trinajstić information content (AvgIpc) is 2.43. The minimum atomic E-state index is -0.649. The van der Waals surface area contributed by atoms with Gasteiger partial charge in [-0.25, -0.2) is 0 Å². The maximum absolute atomic E-state index is 11.8. The van der Waals surface area contributed by atoms with Gasteiger partial charge < -0.3 is 10.6 Å². The molecule has 0 spiro atoms. The van der Waals surface area contributed by atoms with Crippen molar-refractivity contribution in [1.29, 1.82) is 5.26 Å². The van der Waals surface area contributed by atoms with Crippen LogP contribution in [0.2, 0.25) is 0 Å². The van der Waals surface area contributed by atoms with Crippen LogP contribution in [0.3, 0.4) is 0 Å². The lowest BCUT2D eigenvalue weighted by molar-refractivity contribution is -0.384. The molecular formula is C13H12N4O3. The number of hydrogen-bond donors (Lipinski definition) is 2. The first-order valence-corrected chi connectivity index (χ1v) is 5.59. The molecule has 7 heteroatoms. The van der Waals surface area contributed by atoms with Gasteiger partial charge in [0, 0.05) is 30.6 Å². The van der Waals surface area contributed by atoms with Crippen molar-refractivity contribution < 1.29 is 9.72 Å². The first-order chi connectivity index (χ1) is 9.58. The van der Waals surface area contributed by atoms with Crippen molar-refractivity contribution in [3.63, 3.8) is 0 Å². The summed E-state index contributed by atoms with van der Waals surface area (Å²) >= 11 is 0. The van der Waals surface area contributed by atoms with Gasteiger partial charge in [-0.2, -0.15) is 5.26 Å². The second kappa shape index (κ2) is 7.33. The Kier molecular flexibility index (Phi) is 5.47. The summed E-state index contributed by atoms with van der Waals surface area (Å²) in [7, 11) is 0. The number of nitro groups is 1. The fraction of sp³-hybridized carbons (Fsp3) is 0.0769. The summed E-state index contributed by atoms with van der Waals surface area (Å²) in [5, 5.41) is 24.6. The molecule has 20 heavy (non-hydrogen) atoms. The summed E-state index contributed by atoms with van der Waals surface area (Å²) in [5.74, 6) is -0.649. The third-order valence-electron chi connectivity index (χ3n) is 2.19. The normalized spacial score (nSPS) is 10.2. The van der Waals surface area contributed by atoms with Gasteiger partial charge in [0.05, 0.1) is 4.92 Å². The molecule has 0 heterocycles. The third kappa shape index (κ3) is 4.27. The van der Waals surface area contributed by atoms with Crippen molar-refractivity contribution in [3.05, 3.63) is 58.8 Å². The zero-order valence-electron chi connectivity index (χ0n) is 10.5. The lowest BCUT2D eigenvalue weighted by atomic mass is 10.2. The van der Waals surface area contributed by atoms with Crippen LogP contribution in [0.15, 0.2) is 48.7 Å². The Labute approximate surface area is 115 Å². The van der Waals surface area contributed by atoms with E-state index in [1.54, 1.807) is 12.1 Å². The lowest BCUT2D eigenvalue weighted by Gasteiger charge is -2.04. The van der Waals surface area contributed by atoms with E-state index in [4.69, 9.17) is 5.26 Å². The molecule has 0 bridgehead atoms. The molecule has 0 saturated carbocycles. The Morgan fingerprint density at radius 3 is 2.90 bits per heavy atom. The molecule has 7 nitrogen and oxygen atoms in total. The van der Waals surface area contributed by atoms with E-state index in [9.17, 15) is 14.9 Å². The Morgan fingerprint density at radius 2 is 2.30 bits per heavy atom. The van der Waals surface area contributed by atoms with Gasteiger partial charge in [-0.05, 0) is 6.07 Å². The van der Waals surface area contributed by atoms with E-state index < -0.39 is 10.8 Å². The molecule has 0 saturated heterocycles. The van der Waals surface area contributed by atoms with Crippen LogP contribution in [0, 0.1) is 21.4 Å². The standard InChI is InChI=1S/C13H12N4O3/c1-2-6-15-9-10(8-14)13(18)16-11-4-3-5-12(7-11)17(19)20/h2-5,7,9,15H,1,6H2,(H,16,18)/b10-9-. The van der Waals surface area contributed by atoms with E-state index in [2.05, 4.69) is 17.2 Å². The van der Waals surface area contributed by atoms with E-state index in [1.807, 2.05) is 0 Å². The number of nitriles is 1. The molecule has 0 aliphatic rings. The number of nitrogens with one attached hydrogen (secondary N) is 2. The first kappa shape index (κ1) is 14.9. The van der Waals surface area contributed by atoms with Gasteiger partial charge in [-0.15, -0.1) is 6.58 Å². The number of benzene rings is 1. The molecule has 1 aromatic rings. The van der Waals surface area contributed by atoms with Crippen LogP contribution in [-0.2, 0) is 4.79 Å². The molecule has 0 aromatic heterocycles. The summed E-state index contributed by atoms with van der Waals surface area (Å²) in [6, 6.07) is 7.20.